The summed E-state index contributed by atoms with van der Waals surface area (Å²) < 4.78 is 5.16. The van der Waals surface area contributed by atoms with Crippen molar-refractivity contribution in [1.29, 1.82) is 0 Å². The van der Waals surface area contributed by atoms with Crippen LogP contribution in [-0.2, 0) is 0 Å². The molecular formula is C13H20N2O. The van der Waals surface area contributed by atoms with E-state index in [-0.39, 0.29) is 0 Å². The molecule has 0 spiro atoms. The van der Waals surface area contributed by atoms with Crippen LogP contribution in [-0.4, -0.2) is 26.2 Å². The van der Waals surface area contributed by atoms with Crippen molar-refractivity contribution in [2.75, 3.05) is 25.1 Å². The van der Waals surface area contributed by atoms with E-state index in [1.54, 1.807) is 7.11 Å². The van der Waals surface area contributed by atoms with Crippen LogP contribution in [0.3, 0.4) is 0 Å². The average molecular weight is 220 g/mol. The zero-order valence-electron chi connectivity index (χ0n) is 10.0. The molecule has 1 aromatic rings. The third kappa shape index (κ3) is 2.30. The lowest BCUT2D eigenvalue weighted by Gasteiger charge is -2.36. The molecule has 0 radical (unpaired) electrons. The van der Waals surface area contributed by atoms with Crippen LogP contribution in [0.1, 0.15) is 13.3 Å². The first kappa shape index (κ1) is 11.3. The van der Waals surface area contributed by atoms with Gasteiger partial charge in [-0.3, -0.25) is 0 Å². The van der Waals surface area contributed by atoms with E-state index in [0.29, 0.717) is 12.0 Å². The number of nitrogens with zero attached hydrogens (tertiary/aromatic N) is 1. The molecule has 88 valence electrons. The maximum Gasteiger partial charge on any atom is 0.119 e. The monoisotopic (exact) mass is 220 g/mol. The van der Waals surface area contributed by atoms with E-state index in [1.807, 2.05) is 12.1 Å². The van der Waals surface area contributed by atoms with Crippen LogP contribution < -0.4 is 15.4 Å². The van der Waals surface area contributed by atoms with Gasteiger partial charge in [-0.25, -0.2) is 0 Å². The Morgan fingerprint density at radius 2 is 2.00 bits per heavy atom. The molecule has 1 aliphatic rings. The van der Waals surface area contributed by atoms with Crippen LogP contribution in [0.5, 0.6) is 5.75 Å². The van der Waals surface area contributed by atoms with E-state index in [4.69, 9.17) is 10.5 Å². The number of nitrogens with two attached hydrogens (primary N) is 1. The van der Waals surface area contributed by atoms with Gasteiger partial charge in [-0.15, -0.1) is 0 Å². The fraction of sp³-hybridized carbons (Fsp3) is 0.538. The number of anilines is 1. The predicted octanol–water partition coefficient (Wildman–Crippen LogP) is 1.87. The fourth-order valence-electron chi connectivity index (χ4n) is 2.19. The van der Waals surface area contributed by atoms with Gasteiger partial charge in [0.2, 0.25) is 0 Å². The lowest BCUT2D eigenvalue weighted by atomic mass is 9.94. The predicted molar refractivity (Wildman–Crippen MR) is 67.0 cm³/mol. The molecule has 1 aromatic carbocycles. The third-order valence-corrected chi connectivity index (χ3v) is 3.41. The van der Waals surface area contributed by atoms with Crippen molar-refractivity contribution in [2.45, 2.75) is 19.4 Å². The highest BCUT2D eigenvalue weighted by Crippen LogP contribution is 2.24. The van der Waals surface area contributed by atoms with Gasteiger partial charge in [0.15, 0.2) is 0 Å². The second-order valence-electron chi connectivity index (χ2n) is 4.57. The standard InChI is InChI=1S/C13H20N2O/c1-10-9-15(8-7-13(10)14)11-3-5-12(16-2)6-4-11/h3-6,10,13H,7-9,14H2,1-2H3. The first-order valence-electron chi connectivity index (χ1n) is 5.85. The van der Waals surface area contributed by atoms with Crippen LogP contribution in [0, 0.1) is 5.92 Å². The summed E-state index contributed by atoms with van der Waals surface area (Å²) in [5, 5.41) is 0. The summed E-state index contributed by atoms with van der Waals surface area (Å²) in [5.41, 5.74) is 7.28. The van der Waals surface area contributed by atoms with E-state index in [9.17, 15) is 0 Å². The molecule has 2 unspecified atom stereocenters. The molecule has 0 aromatic heterocycles. The minimum Gasteiger partial charge on any atom is -0.497 e. The Morgan fingerprint density at radius 1 is 1.31 bits per heavy atom. The Morgan fingerprint density at radius 3 is 2.56 bits per heavy atom. The van der Waals surface area contributed by atoms with Gasteiger partial charge in [-0.1, -0.05) is 6.92 Å². The van der Waals surface area contributed by atoms with Crippen LogP contribution in [0.4, 0.5) is 5.69 Å². The van der Waals surface area contributed by atoms with E-state index in [2.05, 4.69) is 24.0 Å². The van der Waals surface area contributed by atoms with Crippen molar-refractivity contribution < 1.29 is 4.74 Å². The van der Waals surface area contributed by atoms with E-state index in [0.717, 1.165) is 25.3 Å². The fourth-order valence-corrected chi connectivity index (χ4v) is 2.19. The summed E-state index contributed by atoms with van der Waals surface area (Å²) in [6.07, 6.45) is 1.08. The molecular weight excluding hydrogens is 200 g/mol. The van der Waals surface area contributed by atoms with Gasteiger partial charge < -0.3 is 15.4 Å². The largest absolute Gasteiger partial charge is 0.497 e. The van der Waals surface area contributed by atoms with Crippen LogP contribution >= 0.6 is 0 Å². The number of ether oxygens (including phenoxy) is 1. The lowest BCUT2D eigenvalue weighted by molar-refractivity contribution is 0.382. The number of hydrogen-bond acceptors (Lipinski definition) is 3. The second kappa shape index (κ2) is 4.74. The van der Waals surface area contributed by atoms with Gasteiger partial charge in [0, 0.05) is 24.8 Å². The SMILES string of the molecule is COc1ccc(N2CCC(N)C(C)C2)cc1. The first-order valence-corrected chi connectivity index (χ1v) is 5.85. The zero-order valence-corrected chi connectivity index (χ0v) is 10.0. The van der Waals surface area contributed by atoms with Crippen molar-refractivity contribution in [3.05, 3.63) is 24.3 Å². The Labute approximate surface area is 97.2 Å². The highest BCUT2D eigenvalue weighted by molar-refractivity contribution is 5.49. The summed E-state index contributed by atoms with van der Waals surface area (Å²) in [6.45, 7) is 4.33. The van der Waals surface area contributed by atoms with E-state index < -0.39 is 0 Å². The number of benzene rings is 1. The molecule has 1 aliphatic heterocycles. The Bertz CT molecular complexity index is 336. The van der Waals surface area contributed by atoms with Crippen LogP contribution in [0.15, 0.2) is 24.3 Å². The lowest BCUT2D eigenvalue weighted by Crippen LogP contribution is -2.45. The van der Waals surface area contributed by atoms with Crippen molar-refractivity contribution >= 4 is 5.69 Å². The number of piperidine rings is 1. The molecule has 16 heavy (non-hydrogen) atoms. The summed E-state index contributed by atoms with van der Waals surface area (Å²) in [6, 6.07) is 8.60. The van der Waals surface area contributed by atoms with E-state index in [1.165, 1.54) is 5.69 Å². The van der Waals surface area contributed by atoms with Crippen molar-refractivity contribution in [1.82, 2.24) is 0 Å². The molecule has 1 heterocycles. The summed E-state index contributed by atoms with van der Waals surface area (Å²) in [7, 11) is 1.69. The minimum absolute atomic E-state index is 0.356. The molecule has 1 saturated heterocycles. The maximum absolute atomic E-state index is 6.02. The summed E-state index contributed by atoms with van der Waals surface area (Å²) >= 11 is 0. The topological polar surface area (TPSA) is 38.5 Å². The Hall–Kier alpha value is -1.22. The van der Waals surface area contributed by atoms with Gasteiger partial charge in [-0.2, -0.15) is 0 Å². The maximum atomic E-state index is 6.02. The minimum atomic E-state index is 0.356. The molecule has 0 amide bonds. The quantitative estimate of drug-likeness (QED) is 0.827. The number of rotatable bonds is 2. The second-order valence-corrected chi connectivity index (χ2v) is 4.57. The van der Waals surface area contributed by atoms with Crippen LogP contribution in [0.25, 0.3) is 0 Å². The van der Waals surface area contributed by atoms with Gasteiger partial charge >= 0.3 is 0 Å². The molecule has 3 nitrogen and oxygen atoms in total. The highest BCUT2D eigenvalue weighted by Gasteiger charge is 2.22. The molecule has 0 saturated carbocycles. The van der Waals surface area contributed by atoms with E-state index >= 15 is 0 Å². The molecule has 2 rings (SSSR count). The van der Waals surface area contributed by atoms with Gasteiger partial charge in [-0.05, 0) is 36.6 Å². The molecule has 1 fully saturated rings. The highest BCUT2D eigenvalue weighted by atomic mass is 16.5. The molecule has 0 aliphatic carbocycles. The zero-order chi connectivity index (χ0) is 11.5. The van der Waals surface area contributed by atoms with Gasteiger partial charge in [0.25, 0.3) is 0 Å². The normalized spacial score (nSPS) is 25.6. The Balaban J connectivity index is 2.06. The molecule has 2 N–H and O–H groups in total. The van der Waals surface area contributed by atoms with Gasteiger partial charge in [0.1, 0.15) is 5.75 Å². The summed E-state index contributed by atoms with van der Waals surface area (Å²) in [5.74, 6) is 1.47. The van der Waals surface area contributed by atoms with Crippen molar-refractivity contribution in [3.8, 4) is 5.75 Å². The van der Waals surface area contributed by atoms with Gasteiger partial charge in [0.05, 0.1) is 7.11 Å². The molecule has 0 bridgehead atoms. The molecule has 2 atom stereocenters. The Kier molecular flexibility index (Phi) is 3.34. The van der Waals surface area contributed by atoms with Crippen LogP contribution in [0.2, 0.25) is 0 Å². The summed E-state index contributed by atoms with van der Waals surface area (Å²) in [4.78, 5) is 2.40. The number of methoxy groups -OCH3 is 1. The third-order valence-electron chi connectivity index (χ3n) is 3.41. The van der Waals surface area contributed by atoms with Crippen molar-refractivity contribution in [3.63, 3.8) is 0 Å². The number of hydrogen-bond donors (Lipinski definition) is 1. The molecule has 3 heteroatoms. The smallest absolute Gasteiger partial charge is 0.119 e. The van der Waals surface area contributed by atoms with Crippen molar-refractivity contribution in [2.24, 2.45) is 11.7 Å². The first-order chi connectivity index (χ1) is 7.70. The average Bonchev–Trinajstić information content (AvgIpc) is 2.33.